The minimum absolute atomic E-state index is 0.228. The molecule has 0 fully saturated rings. The van der Waals surface area contributed by atoms with Crippen molar-refractivity contribution in [2.75, 3.05) is 11.3 Å². The van der Waals surface area contributed by atoms with Gasteiger partial charge in [0.25, 0.3) is 10.0 Å². The Labute approximate surface area is 159 Å². The van der Waals surface area contributed by atoms with Crippen LogP contribution in [-0.4, -0.2) is 25.2 Å². The standard InChI is InChI=1S/C20H21N3O3S/c1-3-15-8-10-18(11-9-15)27(24,25)23-17-7-5-6-16(14-17)19-12-13-20(22-21-19)26-4-2/h5-14,23H,3-4H2,1-2H3. The molecule has 0 bridgehead atoms. The smallest absolute Gasteiger partial charge is 0.261 e. The van der Waals surface area contributed by atoms with Crippen LogP contribution in [0.1, 0.15) is 19.4 Å². The number of hydrogen-bond acceptors (Lipinski definition) is 5. The van der Waals surface area contributed by atoms with E-state index in [1.165, 1.54) is 0 Å². The van der Waals surface area contributed by atoms with E-state index in [0.29, 0.717) is 23.9 Å². The van der Waals surface area contributed by atoms with Gasteiger partial charge < -0.3 is 4.74 Å². The fourth-order valence-corrected chi connectivity index (χ4v) is 3.61. The predicted molar refractivity (Wildman–Crippen MR) is 105 cm³/mol. The molecule has 2 aromatic carbocycles. The van der Waals surface area contributed by atoms with Gasteiger partial charge in [0.2, 0.25) is 5.88 Å². The van der Waals surface area contributed by atoms with Crippen LogP contribution in [0.4, 0.5) is 5.69 Å². The lowest BCUT2D eigenvalue weighted by Crippen LogP contribution is -2.13. The van der Waals surface area contributed by atoms with Gasteiger partial charge in [0, 0.05) is 17.3 Å². The quantitative estimate of drug-likeness (QED) is 0.669. The molecule has 0 aliphatic carbocycles. The number of aryl methyl sites for hydroxylation is 1. The molecule has 0 spiro atoms. The third kappa shape index (κ3) is 4.62. The highest BCUT2D eigenvalue weighted by molar-refractivity contribution is 7.92. The third-order valence-corrected chi connectivity index (χ3v) is 5.38. The molecule has 0 aliphatic heterocycles. The highest BCUT2D eigenvalue weighted by Crippen LogP contribution is 2.23. The number of ether oxygens (including phenoxy) is 1. The predicted octanol–water partition coefficient (Wildman–Crippen LogP) is 3.91. The van der Waals surface area contributed by atoms with Crippen molar-refractivity contribution in [1.82, 2.24) is 10.2 Å². The summed E-state index contributed by atoms with van der Waals surface area (Å²) in [5.74, 6) is 0.452. The lowest BCUT2D eigenvalue weighted by Gasteiger charge is -2.10. The molecule has 1 N–H and O–H groups in total. The van der Waals surface area contributed by atoms with Gasteiger partial charge in [-0.2, -0.15) is 0 Å². The Morgan fingerprint density at radius 1 is 0.963 bits per heavy atom. The Balaban J connectivity index is 1.82. The molecule has 0 amide bonds. The summed E-state index contributed by atoms with van der Waals surface area (Å²) in [5.41, 5.74) is 2.94. The molecule has 0 saturated carbocycles. The molecule has 0 saturated heterocycles. The van der Waals surface area contributed by atoms with Gasteiger partial charge in [0.05, 0.1) is 17.2 Å². The fraction of sp³-hybridized carbons (Fsp3) is 0.200. The number of nitrogens with one attached hydrogen (secondary N) is 1. The van der Waals surface area contributed by atoms with E-state index in [1.54, 1.807) is 42.5 Å². The van der Waals surface area contributed by atoms with E-state index in [1.807, 2.05) is 32.0 Å². The van der Waals surface area contributed by atoms with Gasteiger partial charge in [-0.15, -0.1) is 10.2 Å². The zero-order chi connectivity index (χ0) is 19.3. The van der Waals surface area contributed by atoms with Gasteiger partial charge in [-0.3, -0.25) is 4.72 Å². The largest absolute Gasteiger partial charge is 0.477 e. The maximum atomic E-state index is 12.6. The molecule has 1 aromatic heterocycles. The van der Waals surface area contributed by atoms with E-state index < -0.39 is 10.0 Å². The number of aromatic nitrogens is 2. The van der Waals surface area contributed by atoms with Crippen LogP contribution in [-0.2, 0) is 16.4 Å². The lowest BCUT2D eigenvalue weighted by molar-refractivity contribution is 0.323. The van der Waals surface area contributed by atoms with Crippen LogP contribution in [0.5, 0.6) is 5.88 Å². The second-order valence-corrected chi connectivity index (χ2v) is 7.56. The van der Waals surface area contributed by atoms with Crippen molar-refractivity contribution in [2.24, 2.45) is 0 Å². The summed E-state index contributed by atoms with van der Waals surface area (Å²) in [5, 5.41) is 8.13. The first-order valence-corrected chi connectivity index (χ1v) is 10.2. The van der Waals surface area contributed by atoms with Crippen molar-refractivity contribution < 1.29 is 13.2 Å². The Bertz CT molecular complexity index is 1000. The Kier molecular flexibility index (Phi) is 5.71. The van der Waals surface area contributed by atoms with E-state index in [0.717, 1.165) is 17.5 Å². The average Bonchev–Trinajstić information content (AvgIpc) is 2.69. The van der Waals surface area contributed by atoms with Gasteiger partial charge in [0.15, 0.2) is 0 Å². The summed E-state index contributed by atoms with van der Waals surface area (Å²) in [6.45, 7) is 4.42. The van der Waals surface area contributed by atoms with E-state index in [-0.39, 0.29) is 4.90 Å². The third-order valence-electron chi connectivity index (χ3n) is 3.98. The van der Waals surface area contributed by atoms with E-state index in [2.05, 4.69) is 14.9 Å². The second kappa shape index (κ2) is 8.18. The molecule has 0 radical (unpaired) electrons. The summed E-state index contributed by atoms with van der Waals surface area (Å²) in [7, 11) is -3.66. The van der Waals surface area contributed by atoms with Gasteiger partial charge >= 0.3 is 0 Å². The molecule has 3 aromatic rings. The molecule has 0 atom stereocenters. The first-order valence-electron chi connectivity index (χ1n) is 8.70. The summed E-state index contributed by atoms with van der Waals surface area (Å²) >= 11 is 0. The number of sulfonamides is 1. The van der Waals surface area contributed by atoms with Gasteiger partial charge in [-0.1, -0.05) is 31.2 Å². The SMILES string of the molecule is CCOc1ccc(-c2cccc(NS(=O)(=O)c3ccc(CC)cc3)c2)nn1. The molecular formula is C20H21N3O3S. The Morgan fingerprint density at radius 3 is 2.37 bits per heavy atom. The minimum Gasteiger partial charge on any atom is -0.477 e. The van der Waals surface area contributed by atoms with Crippen LogP contribution in [0.3, 0.4) is 0 Å². The first kappa shape index (κ1) is 18.8. The molecular weight excluding hydrogens is 362 g/mol. The normalized spacial score (nSPS) is 11.2. The number of rotatable bonds is 7. The topological polar surface area (TPSA) is 81.2 Å². The molecule has 0 aliphatic rings. The molecule has 3 rings (SSSR count). The molecule has 0 unspecified atom stereocenters. The monoisotopic (exact) mass is 383 g/mol. The van der Waals surface area contributed by atoms with E-state index >= 15 is 0 Å². The molecule has 27 heavy (non-hydrogen) atoms. The van der Waals surface area contributed by atoms with Crippen molar-refractivity contribution in [1.29, 1.82) is 0 Å². The molecule has 7 heteroatoms. The summed E-state index contributed by atoms with van der Waals surface area (Å²) in [6, 6.07) is 17.4. The van der Waals surface area contributed by atoms with Crippen molar-refractivity contribution in [3.8, 4) is 17.1 Å². The summed E-state index contributed by atoms with van der Waals surface area (Å²) in [4.78, 5) is 0.228. The zero-order valence-corrected chi connectivity index (χ0v) is 16.0. The molecule has 140 valence electrons. The van der Waals surface area contributed by atoms with Crippen molar-refractivity contribution in [2.45, 2.75) is 25.2 Å². The van der Waals surface area contributed by atoms with Gasteiger partial charge in [-0.25, -0.2) is 8.42 Å². The first-order chi connectivity index (χ1) is 13.0. The number of anilines is 1. The van der Waals surface area contributed by atoms with Crippen molar-refractivity contribution >= 4 is 15.7 Å². The highest BCUT2D eigenvalue weighted by Gasteiger charge is 2.14. The van der Waals surface area contributed by atoms with Gasteiger partial charge in [0.1, 0.15) is 0 Å². The summed E-state index contributed by atoms with van der Waals surface area (Å²) < 4.78 is 33.1. The van der Waals surface area contributed by atoms with E-state index in [4.69, 9.17) is 4.74 Å². The summed E-state index contributed by atoms with van der Waals surface area (Å²) in [6.07, 6.45) is 0.860. The number of benzene rings is 2. The zero-order valence-electron chi connectivity index (χ0n) is 15.2. The average molecular weight is 383 g/mol. The van der Waals surface area contributed by atoms with Crippen molar-refractivity contribution in [3.63, 3.8) is 0 Å². The Hall–Kier alpha value is -2.93. The van der Waals surface area contributed by atoms with E-state index in [9.17, 15) is 8.42 Å². The van der Waals surface area contributed by atoms with Crippen LogP contribution in [0.25, 0.3) is 11.3 Å². The second-order valence-electron chi connectivity index (χ2n) is 5.87. The van der Waals surface area contributed by atoms with Crippen LogP contribution in [0.2, 0.25) is 0 Å². The maximum absolute atomic E-state index is 12.6. The van der Waals surface area contributed by atoms with Crippen LogP contribution in [0, 0.1) is 0 Å². The fourth-order valence-electron chi connectivity index (χ4n) is 2.56. The van der Waals surface area contributed by atoms with Crippen molar-refractivity contribution in [3.05, 3.63) is 66.2 Å². The molecule has 6 nitrogen and oxygen atoms in total. The van der Waals surface area contributed by atoms with Crippen LogP contribution < -0.4 is 9.46 Å². The Morgan fingerprint density at radius 2 is 1.74 bits per heavy atom. The number of hydrogen-bond donors (Lipinski definition) is 1. The molecule has 1 heterocycles. The minimum atomic E-state index is -3.66. The van der Waals surface area contributed by atoms with Gasteiger partial charge in [-0.05, 0) is 49.2 Å². The highest BCUT2D eigenvalue weighted by atomic mass is 32.2. The maximum Gasteiger partial charge on any atom is 0.261 e. The van der Waals surface area contributed by atoms with Crippen LogP contribution >= 0.6 is 0 Å². The number of nitrogens with zero attached hydrogens (tertiary/aromatic N) is 2. The lowest BCUT2D eigenvalue weighted by atomic mass is 10.1. The van der Waals surface area contributed by atoms with Crippen LogP contribution in [0.15, 0.2) is 65.6 Å².